The first kappa shape index (κ1) is 18.1. The summed E-state index contributed by atoms with van der Waals surface area (Å²) >= 11 is 0. The van der Waals surface area contributed by atoms with Crippen LogP contribution in [0.3, 0.4) is 0 Å². The third-order valence-electron chi connectivity index (χ3n) is 7.49. The number of benzene rings is 1. The van der Waals surface area contributed by atoms with E-state index in [9.17, 15) is 9.90 Å². The van der Waals surface area contributed by atoms with E-state index in [1.807, 2.05) is 24.4 Å². The Morgan fingerprint density at radius 1 is 1.10 bits per heavy atom. The zero-order chi connectivity index (χ0) is 20.3. The minimum Gasteiger partial charge on any atom is -0.481 e. The summed E-state index contributed by atoms with van der Waals surface area (Å²) in [5.41, 5.74) is 4.61. The number of aliphatic carboxylic acids is 1. The van der Waals surface area contributed by atoms with Gasteiger partial charge in [-0.3, -0.25) is 14.5 Å². The molecular formula is C24H26N4O2. The number of nitrogens with zero attached hydrogens (tertiary/aromatic N) is 4. The maximum absolute atomic E-state index is 11.2. The fraction of sp³-hybridized carbons (Fsp3) is 0.458. The fourth-order valence-corrected chi connectivity index (χ4v) is 5.68. The molecule has 2 fully saturated rings. The Morgan fingerprint density at radius 3 is 2.77 bits per heavy atom. The standard InChI is InChI=1S/C24H26N4O2/c29-22(30)13-23(5-6-23)15-27-9-7-24(16-27)8-10-28-21(24)12-20(26-28)18-11-17-3-1-2-4-19(17)25-14-18/h1-4,11-12,14H,5-10,13,15-16H2,(H,29,30). The molecule has 1 saturated carbocycles. The quantitative estimate of drug-likeness (QED) is 0.705. The molecule has 0 amide bonds. The van der Waals surface area contributed by atoms with E-state index in [1.165, 1.54) is 5.69 Å². The highest BCUT2D eigenvalue weighted by molar-refractivity contribution is 5.82. The van der Waals surface area contributed by atoms with Crippen LogP contribution in [0.5, 0.6) is 0 Å². The second-order valence-corrected chi connectivity index (χ2v) is 9.62. The zero-order valence-corrected chi connectivity index (χ0v) is 17.0. The van der Waals surface area contributed by atoms with Crippen LogP contribution in [-0.2, 0) is 16.8 Å². The molecule has 2 aliphatic heterocycles. The average molecular weight is 402 g/mol. The minimum absolute atomic E-state index is 0.0259. The van der Waals surface area contributed by atoms with Crippen LogP contribution in [0.15, 0.2) is 42.6 Å². The fourth-order valence-electron chi connectivity index (χ4n) is 5.68. The van der Waals surface area contributed by atoms with Crippen molar-refractivity contribution in [3.8, 4) is 11.3 Å². The number of pyridine rings is 1. The molecule has 1 aliphatic carbocycles. The largest absolute Gasteiger partial charge is 0.481 e. The van der Waals surface area contributed by atoms with E-state index in [-0.39, 0.29) is 10.8 Å². The molecule has 1 spiro atoms. The van der Waals surface area contributed by atoms with Crippen molar-refractivity contribution in [1.82, 2.24) is 19.7 Å². The van der Waals surface area contributed by atoms with Gasteiger partial charge in [-0.15, -0.1) is 0 Å². The molecular weight excluding hydrogens is 376 g/mol. The van der Waals surface area contributed by atoms with Gasteiger partial charge in [-0.2, -0.15) is 5.10 Å². The van der Waals surface area contributed by atoms with E-state index in [2.05, 4.69) is 32.8 Å². The molecule has 6 heteroatoms. The molecule has 1 atom stereocenters. The van der Waals surface area contributed by atoms with E-state index >= 15 is 0 Å². The number of hydrogen-bond donors (Lipinski definition) is 1. The van der Waals surface area contributed by atoms with Gasteiger partial charge < -0.3 is 10.0 Å². The first-order valence-corrected chi connectivity index (χ1v) is 10.9. The van der Waals surface area contributed by atoms with Gasteiger partial charge in [0.05, 0.1) is 17.6 Å². The van der Waals surface area contributed by atoms with Gasteiger partial charge in [-0.05, 0) is 55.8 Å². The molecule has 6 nitrogen and oxygen atoms in total. The lowest BCUT2D eigenvalue weighted by molar-refractivity contribution is -0.138. The first-order valence-electron chi connectivity index (χ1n) is 10.9. The monoisotopic (exact) mass is 402 g/mol. The number of fused-ring (bicyclic) bond motifs is 3. The van der Waals surface area contributed by atoms with E-state index in [0.29, 0.717) is 6.42 Å². The van der Waals surface area contributed by atoms with Gasteiger partial charge in [0.2, 0.25) is 0 Å². The normalized spacial score (nSPS) is 24.5. The molecule has 6 rings (SSSR count). The number of para-hydroxylation sites is 1. The maximum Gasteiger partial charge on any atom is 0.303 e. The van der Waals surface area contributed by atoms with Gasteiger partial charge >= 0.3 is 5.97 Å². The summed E-state index contributed by atoms with van der Waals surface area (Å²) in [7, 11) is 0. The maximum atomic E-state index is 11.2. The highest BCUT2D eigenvalue weighted by Gasteiger charge is 2.50. The molecule has 2 aromatic heterocycles. The second-order valence-electron chi connectivity index (χ2n) is 9.62. The van der Waals surface area contributed by atoms with Crippen molar-refractivity contribution in [3.05, 3.63) is 48.3 Å². The topological polar surface area (TPSA) is 71.2 Å². The van der Waals surface area contributed by atoms with Gasteiger partial charge in [0.1, 0.15) is 0 Å². The summed E-state index contributed by atoms with van der Waals surface area (Å²) in [5.74, 6) is -0.658. The van der Waals surface area contributed by atoms with Crippen molar-refractivity contribution in [2.45, 2.75) is 44.1 Å². The average Bonchev–Trinajstić information content (AvgIpc) is 3.07. The third-order valence-corrected chi connectivity index (χ3v) is 7.49. The molecule has 154 valence electrons. The summed E-state index contributed by atoms with van der Waals surface area (Å²) in [5, 5.41) is 15.3. The zero-order valence-electron chi connectivity index (χ0n) is 17.0. The molecule has 4 heterocycles. The number of aryl methyl sites for hydroxylation is 1. The van der Waals surface area contributed by atoms with Crippen LogP contribution >= 0.6 is 0 Å². The Labute approximate surface area is 175 Å². The molecule has 1 N–H and O–H groups in total. The SMILES string of the molecule is O=C(O)CC1(CN2CCC3(CCn4nc(-c5cnc6ccccc6c5)cc43)C2)CC1. The molecule has 3 aliphatic rings. The lowest BCUT2D eigenvalue weighted by Gasteiger charge is -2.26. The molecule has 1 unspecified atom stereocenters. The number of hydrogen-bond acceptors (Lipinski definition) is 4. The molecule has 30 heavy (non-hydrogen) atoms. The Kier molecular flexibility index (Phi) is 3.84. The van der Waals surface area contributed by atoms with Crippen molar-refractivity contribution in [3.63, 3.8) is 0 Å². The summed E-state index contributed by atoms with van der Waals surface area (Å²) in [6.07, 6.45) is 6.62. The van der Waals surface area contributed by atoms with Crippen molar-refractivity contribution >= 4 is 16.9 Å². The van der Waals surface area contributed by atoms with Crippen LogP contribution in [0.2, 0.25) is 0 Å². The van der Waals surface area contributed by atoms with Gasteiger partial charge in [-0.1, -0.05) is 18.2 Å². The molecule has 0 radical (unpaired) electrons. The third kappa shape index (κ3) is 2.93. The molecule has 1 saturated heterocycles. The summed E-state index contributed by atoms with van der Waals surface area (Å²) in [6.45, 7) is 3.97. The van der Waals surface area contributed by atoms with Gasteiger partial charge in [0, 0.05) is 47.9 Å². The van der Waals surface area contributed by atoms with Crippen LogP contribution in [0, 0.1) is 5.41 Å². The lowest BCUT2D eigenvalue weighted by atomic mass is 9.82. The van der Waals surface area contributed by atoms with Crippen molar-refractivity contribution < 1.29 is 9.90 Å². The van der Waals surface area contributed by atoms with Crippen LogP contribution in [-0.4, -0.2) is 50.4 Å². The van der Waals surface area contributed by atoms with E-state index in [1.54, 1.807) is 0 Å². The molecule has 3 aromatic rings. The predicted molar refractivity (Wildman–Crippen MR) is 114 cm³/mol. The lowest BCUT2D eigenvalue weighted by Crippen LogP contribution is -2.33. The highest BCUT2D eigenvalue weighted by atomic mass is 16.4. The first-order chi connectivity index (χ1) is 14.5. The van der Waals surface area contributed by atoms with Crippen LogP contribution in [0.25, 0.3) is 22.2 Å². The Bertz CT molecular complexity index is 1150. The number of carbonyl (C=O) groups is 1. The van der Waals surface area contributed by atoms with Crippen molar-refractivity contribution in [1.29, 1.82) is 0 Å². The number of carboxylic acids is 1. The van der Waals surface area contributed by atoms with E-state index in [0.717, 1.165) is 74.0 Å². The van der Waals surface area contributed by atoms with E-state index < -0.39 is 5.97 Å². The van der Waals surface area contributed by atoms with Crippen LogP contribution in [0.1, 0.15) is 37.8 Å². The van der Waals surface area contributed by atoms with Crippen LogP contribution in [0.4, 0.5) is 0 Å². The van der Waals surface area contributed by atoms with E-state index in [4.69, 9.17) is 5.10 Å². The molecule has 0 bridgehead atoms. The summed E-state index contributed by atoms with van der Waals surface area (Å²) < 4.78 is 2.19. The van der Waals surface area contributed by atoms with Crippen molar-refractivity contribution in [2.75, 3.05) is 19.6 Å². The second kappa shape index (κ2) is 6.38. The Morgan fingerprint density at radius 2 is 1.93 bits per heavy atom. The van der Waals surface area contributed by atoms with Crippen molar-refractivity contribution in [2.24, 2.45) is 5.41 Å². The number of likely N-dealkylation sites (tertiary alicyclic amines) is 1. The van der Waals surface area contributed by atoms with Gasteiger partial charge in [0.25, 0.3) is 0 Å². The number of aromatic nitrogens is 3. The summed E-state index contributed by atoms with van der Waals surface area (Å²) in [4.78, 5) is 18.3. The Balaban J connectivity index is 1.25. The minimum atomic E-state index is -0.658. The molecule has 1 aromatic carbocycles. The number of rotatable bonds is 5. The highest BCUT2D eigenvalue weighted by Crippen LogP contribution is 2.51. The predicted octanol–water partition coefficient (Wildman–Crippen LogP) is 3.70. The summed E-state index contributed by atoms with van der Waals surface area (Å²) in [6, 6.07) is 12.6. The van der Waals surface area contributed by atoms with Gasteiger partial charge in [0.15, 0.2) is 0 Å². The number of carboxylic acid groups (broad SMARTS) is 1. The van der Waals surface area contributed by atoms with Gasteiger partial charge in [-0.25, -0.2) is 0 Å². The van der Waals surface area contributed by atoms with Crippen LogP contribution < -0.4 is 0 Å². The Hall–Kier alpha value is -2.73. The smallest absolute Gasteiger partial charge is 0.303 e.